The Morgan fingerprint density at radius 1 is 1.26 bits per heavy atom. The Labute approximate surface area is 136 Å². The molecule has 2 aromatic rings. The zero-order valence-corrected chi connectivity index (χ0v) is 13.7. The number of benzene rings is 1. The van der Waals surface area contributed by atoms with Crippen LogP contribution in [0, 0.1) is 0 Å². The zero-order chi connectivity index (χ0) is 16.7. The van der Waals surface area contributed by atoms with E-state index in [0.717, 1.165) is 31.2 Å². The SMILES string of the molecule is CCCCCC(c1ccc(C(=O)OCC)cc1)n1cncc1O. The summed E-state index contributed by atoms with van der Waals surface area (Å²) < 4.78 is 6.78. The molecule has 1 heterocycles. The number of esters is 1. The summed E-state index contributed by atoms with van der Waals surface area (Å²) in [5.41, 5.74) is 1.58. The first kappa shape index (κ1) is 17.1. The third-order valence-corrected chi connectivity index (χ3v) is 3.87. The van der Waals surface area contributed by atoms with Gasteiger partial charge in [-0.15, -0.1) is 0 Å². The summed E-state index contributed by atoms with van der Waals surface area (Å²) in [7, 11) is 0. The summed E-state index contributed by atoms with van der Waals surface area (Å²) in [5, 5.41) is 9.98. The Balaban J connectivity index is 2.21. The Morgan fingerprint density at radius 3 is 2.57 bits per heavy atom. The van der Waals surface area contributed by atoms with Gasteiger partial charge in [0.25, 0.3) is 0 Å². The monoisotopic (exact) mass is 316 g/mol. The number of hydrogen-bond donors (Lipinski definition) is 1. The summed E-state index contributed by atoms with van der Waals surface area (Å²) in [4.78, 5) is 15.7. The van der Waals surface area contributed by atoms with Crippen molar-refractivity contribution in [3.63, 3.8) is 0 Å². The predicted octanol–water partition coefficient (Wildman–Crippen LogP) is 3.94. The molecule has 0 radical (unpaired) electrons. The van der Waals surface area contributed by atoms with E-state index < -0.39 is 0 Å². The first-order chi connectivity index (χ1) is 11.2. The normalized spacial score (nSPS) is 12.1. The highest BCUT2D eigenvalue weighted by molar-refractivity contribution is 5.89. The number of aromatic hydroxyl groups is 1. The number of hydrogen-bond acceptors (Lipinski definition) is 4. The van der Waals surface area contributed by atoms with Gasteiger partial charge in [0.1, 0.15) is 0 Å². The van der Waals surface area contributed by atoms with E-state index in [1.165, 1.54) is 6.20 Å². The largest absolute Gasteiger partial charge is 0.493 e. The van der Waals surface area contributed by atoms with Gasteiger partial charge < -0.3 is 9.84 Å². The van der Waals surface area contributed by atoms with Gasteiger partial charge in [-0.2, -0.15) is 0 Å². The van der Waals surface area contributed by atoms with Crippen molar-refractivity contribution in [2.45, 2.75) is 45.6 Å². The van der Waals surface area contributed by atoms with Gasteiger partial charge in [0.05, 0.1) is 30.7 Å². The Kier molecular flexibility index (Phi) is 6.20. The molecule has 0 saturated heterocycles. The van der Waals surface area contributed by atoms with Crippen LogP contribution in [-0.4, -0.2) is 27.2 Å². The molecule has 0 aliphatic carbocycles. The average molecular weight is 316 g/mol. The average Bonchev–Trinajstić information content (AvgIpc) is 2.98. The number of carbonyl (C=O) groups is 1. The molecule has 1 unspecified atom stereocenters. The van der Waals surface area contributed by atoms with Crippen LogP contribution < -0.4 is 0 Å². The maximum atomic E-state index is 11.7. The molecule has 0 saturated carbocycles. The predicted molar refractivity (Wildman–Crippen MR) is 88.6 cm³/mol. The maximum absolute atomic E-state index is 11.7. The number of unbranched alkanes of at least 4 members (excludes halogenated alkanes) is 2. The molecule has 124 valence electrons. The topological polar surface area (TPSA) is 64.4 Å². The van der Waals surface area contributed by atoms with E-state index >= 15 is 0 Å². The Hall–Kier alpha value is -2.30. The standard InChI is InChI=1S/C18H24N2O3/c1-3-5-6-7-16(20-13-19-12-17(20)21)14-8-10-15(11-9-14)18(22)23-4-2/h8-13,16,21H,3-7H2,1-2H3. The molecule has 0 spiro atoms. The minimum atomic E-state index is -0.313. The van der Waals surface area contributed by atoms with Crippen LogP contribution in [0.15, 0.2) is 36.8 Å². The van der Waals surface area contributed by atoms with Gasteiger partial charge in [-0.1, -0.05) is 38.3 Å². The van der Waals surface area contributed by atoms with Crippen molar-refractivity contribution in [3.05, 3.63) is 47.9 Å². The van der Waals surface area contributed by atoms with Gasteiger partial charge in [0.15, 0.2) is 0 Å². The van der Waals surface area contributed by atoms with Crippen LogP contribution in [0.3, 0.4) is 0 Å². The van der Waals surface area contributed by atoms with Crippen LogP contribution in [0.2, 0.25) is 0 Å². The van der Waals surface area contributed by atoms with Crippen LogP contribution in [0.5, 0.6) is 5.88 Å². The summed E-state index contributed by atoms with van der Waals surface area (Å²) in [6.45, 7) is 4.32. The second-order valence-electron chi connectivity index (χ2n) is 5.51. The highest BCUT2D eigenvalue weighted by atomic mass is 16.5. The van der Waals surface area contributed by atoms with Gasteiger partial charge in [-0.05, 0) is 31.0 Å². The van der Waals surface area contributed by atoms with Crippen LogP contribution in [0.25, 0.3) is 0 Å². The number of rotatable bonds is 8. The number of ether oxygens (including phenoxy) is 1. The summed E-state index contributed by atoms with van der Waals surface area (Å²) in [6.07, 6.45) is 7.36. The summed E-state index contributed by atoms with van der Waals surface area (Å²) in [5.74, 6) is -0.159. The molecular formula is C18H24N2O3. The van der Waals surface area contributed by atoms with Gasteiger partial charge >= 0.3 is 5.97 Å². The molecule has 5 heteroatoms. The smallest absolute Gasteiger partial charge is 0.338 e. The second kappa shape index (κ2) is 8.36. The lowest BCUT2D eigenvalue weighted by Crippen LogP contribution is -2.10. The molecule has 1 aromatic carbocycles. The van der Waals surface area contributed by atoms with Crippen molar-refractivity contribution in [2.75, 3.05) is 6.61 Å². The van der Waals surface area contributed by atoms with Crippen molar-refractivity contribution >= 4 is 5.97 Å². The summed E-state index contributed by atoms with van der Waals surface area (Å²) in [6, 6.07) is 7.40. The van der Waals surface area contributed by atoms with E-state index in [1.54, 1.807) is 30.0 Å². The molecule has 0 amide bonds. The molecule has 1 aromatic heterocycles. The molecule has 1 atom stereocenters. The number of carbonyl (C=O) groups excluding carboxylic acids is 1. The molecule has 2 rings (SSSR count). The third-order valence-electron chi connectivity index (χ3n) is 3.87. The lowest BCUT2D eigenvalue weighted by atomic mass is 9.99. The summed E-state index contributed by atoms with van der Waals surface area (Å²) >= 11 is 0. The quantitative estimate of drug-likeness (QED) is 0.592. The molecule has 0 fully saturated rings. The zero-order valence-electron chi connectivity index (χ0n) is 13.7. The van der Waals surface area contributed by atoms with Crippen molar-refractivity contribution < 1.29 is 14.6 Å². The molecular weight excluding hydrogens is 292 g/mol. The van der Waals surface area contributed by atoms with E-state index in [2.05, 4.69) is 11.9 Å². The van der Waals surface area contributed by atoms with E-state index in [-0.39, 0.29) is 17.9 Å². The van der Waals surface area contributed by atoms with Crippen LogP contribution in [-0.2, 0) is 4.74 Å². The molecule has 1 N–H and O–H groups in total. The van der Waals surface area contributed by atoms with E-state index in [4.69, 9.17) is 4.74 Å². The fourth-order valence-corrected chi connectivity index (χ4v) is 2.65. The fourth-order valence-electron chi connectivity index (χ4n) is 2.65. The highest BCUT2D eigenvalue weighted by Gasteiger charge is 2.17. The van der Waals surface area contributed by atoms with Gasteiger partial charge in [-0.3, -0.25) is 4.57 Å². The van der Waals surface area contributed by atoms with Gasteiger partial charge in [-0.25, -0.2) is 9.78 Å². The molecule has 0 bridgehead atoms. The van der Waals surface area contributed by atoms with Crippen LogP contribution in [0.1, 0.15) is 61.5 Å². The van der Waals surface area contributed by atoms with E-state index in [9.17, 15) is 9.90 Å². The van der Waals surface area contributed by atoms with Crippen LogP contribution in [0.4, 0.5) is 0 Å². The molecule has 23 heavy (non-hydrogen) atoms. The van der Waals surface area contributed by atoms with Crippen molar-refractivity contribution in [2.24, 2.45) is 0 Å². The molecule has 5 nitrogen and oxygen atoms in total. The Morgan fingerprint density at radius 2 is 2.00 bits per heavy atom. The van der Waals surface area contributed by atoms with Crippen molar-refractivity contribution in [1.82, 2.24) is 9.55 Å². The number of imidazole rings is 1. The molecule has 0 aliphatic heterocycles. The third kappa shape index (κ3) is 4.34. The number of aromatic nitrogens is 2. The van der Waals surface area contributed by atoms with Crippen LogP contribution >= 0.6 is 0 Å². The first-order valence-electron chi connectivity index (χ1n) is 8.15. The minimum Gasteiger partial charge on any atom is -0.493 e. The fraction of sp³-hybridized carbons (Fsp3) is 0.444. The first-order valence-corrected chi connectivity index (χ1v) is 8.15. The van der Waals surface area contributed by atoms with Gasteiger partial charge in [0, 0.05) is 0 Å². The minimum absolute atomic E-state index is 0.0142. The Bertz CT molecular complexity index is 619. The van der Waals surface area contributed by atoms with Crippen molar-refractivity contribution in [3.8, 4) is 5.88 Å². The lowest BCUT2D eigenvalue weighted by molar-refractivity contribution is 0.0526. The lowest BCUT2D eigenvalue weighted by Gasteiger charge is -2.20. The van der Waals surface area contributed by atoms with E-state index in [0.29, 0.717) is 12.2 Å². The maximum Gasteiger partial charge on any atom is 0.338 e. The highest BCUT2D eigenvalue weighted by Crippen LogP contribution is 2.28. The molecule has 0 aliphatic rings. The second-order valence-corrected chi connectivity index (χ2v) is 5.51. The van der Waals surface area contributed by atoms with Gasteiger partial charge in [0.2, 0.25) is 5.88 Å². The number of nitrogens with zero attached hydrogens (tertiary/aromatic N) is 2. The van der Waals surface area contributed by atoms with Crippen molar-refractivity contribution in [1.29, 1.82) is 0 Å². The van der Waals surface area contributed by atoms with E-state index in [1.807, 2.05) is 12.1 Å².